The van der Waals surface area contributed by atoms with E-state index < -0.39 is 0 Å². The minimum absolute atomic E-state index is 0.0304. The van der Waals surface area contributed by atoms with Gasteiger partial charge in [0.2, 0.25) is 5.88 Å². The Morgan fingerprint density at radius 3 is 2.30 bits per heavy atom. The van der Waals surface area contributed by atoms with E-state index in [0.717, 1.165) is 48.4 Å². The molecule has 1 aliphatic rings. The molecule has 1 saturated heterocycles. The fourth-order valence-corrected chi connectivity index (χ4v) is 6.93. The van der Waals surface area contributed by atoms with Crippen molar-refractivity contribution in [2.24, 2.45) is 4.99 Å². The predicted molar refractivity (Wildman–Crippen MR) is 176 cm³/mol. The first-order valence-corrected chi connectivity index (χ1v) is 15.4. The van der Waals surface area contributed by atoms with Crippen molar-refractivity contribution in [1.82, 2.24) is 9.47 Å². The number of aliphatic imine (C=N–C) groups is 1. The molecule has 0 radical (unpaired) electrons. The monoisotopic (exact) mass is 607 g/mol. The normalized spacial score (nSPS) is 13.5. The van der Waals surface area contributed by atoms with Crippen LogP contribution in [0.5, 0.6) is 17.4 Å². The van der Waals surface area contributed by atoms with Crippen LogP contribution in [-0.2, 0) is 0 Å². The number of rotatable bonds is 7. The van der Waals surface area contributed by atoms with E-state index in [0.29, 0.717) is 44.1 Å². The zero-order valence-corrected chi connectivity index (χ0v) is 25.7. The second kappa shape index (κ2) is 12.4. The summed E-state index contributed by atoms with van der Waals surface area (Å²) in [6.45, 7) is 3.42. The highest BCUT2D eigenvalue weighted by molar-refractivity contribution is 7.19. The highest BCUT2D eigenvalue weighted by Crippen LogP contribution is 2.43. The molecule has 1 aliphatic heterocycles. The maximum atomic E-state index is 13.9. The number of nitrogens with zero attached hydrogens (tertiary/aromatic N) is 3. The number of benzene rings is 3. The smallest absolute Gasteiger partial charge is 0.265 e. The number of ether oxygens (including phenoxy) is 2. The molecule has 6 rings (SSSR count). The summed E-state index contributed by atoms with van der Waals surface area (Å²) in [4.78, 5) is 35.4. The summed E-state index contributed by atoms with van der Waals surface area (Å²) < 4.78 is 12.1. The van der Waals surface area contributed by atoms with E-state index in [-0.39, 0.29) is 17.3 Å². The van der Waals surface area contributed by atoms with Gasteiger partial charge in [0, 0.05) is 41.0 Å². The third kappa shape index (κ3) is 5.24. The molecule has 1 N–H and O–H groups in total. The summed E-state index contributed by atoms with van der Waals surface area (Å²) in [7, 11) is 3.05. The molecular formula is C35H33N3O5S. The number of thiophene rings is 1. The van der Waals surface area contributed by atoms with Gasteiger partial charge in [-0.3, -0.25) is 9.59 Å². The van der Waals surface area contributed by atoms with E-state index in [9.17, 15) is 14.7 Å². The van der Waals surface area contributed by atoms with Crippen LogP contribution in [0.3, 0.4) is 0 Å². The summed E-state index contributed by atoms with van der Waals surface area (Å²) in [6, 6.07) is 22.1. The number of carbonyl (C=O) groups is 1. The van der Waals surface area contributed by atoms with Crippen LogP contribution < -0.4 is 15.0 Å². The first kappa shape index (κ1) is 29.2. The third-order valence-corrected chi connectivity index (χ3v) is 9.31. The lowest BCUT2D eigenvalue weighted by atomic mass is 10.0. The van der Waals surface area contributed by atoms with Crippen molar-refractivity contribution < 1.29 is 19.4 Å². The van der Waals surface area contributed by atoms with Gasteiger partial charge in [-0.2, -0.15) is 0 Å². The Labute approximate surface area is 259 Å². The summed E-state index contributed by atoms with van der Waals surface area (Å²) in [5.74, 6) is 0.616. The van der Waals surface area contributed by atoms with Gasteiger partial charge in [-0.1, -0.05) is 48.5 Å². The van der Waals surface area contributed by atoms with Gasteiger partial charge in [0.25, 0.3) is 11.5 Å². The number of amides is 1. The maximum Gasteiger partial charge on any atom is 0.265 e. The standard InChI is InChI=1S/C35H33N3O5S/c1-22-30(35(41)37-18-10-5-11-19-37)32(44-31(22)23-12-6-4-7-13-23)36-21-27-25-14-8-9-15-26(25)33(39)38(34(27)40)24-16-17-28(42-2)29(20-24)43-3/h4,6-9,12-17,20-21,40H,5,10-11,18-19H2,1-3H3/b36-21+. The number of aromatic nitrogens is 1. The lowest BCUT2D eigenvalue weighted by molar-refractivity contribution is 0.0725. The van der Waals surface area contributed by atoms with Gasteiger partial charge in [0.15, 0.2) is 11.5 Å². The first-order chi connectivity index (χ1) is 21.4. The van der Waals surface area contributed by atoms with Gasteiger partial charge in [-0.25, -0.2) is 9.56 Å². The minimum Gasteiger partial charge on any atom is -0.494 e. The van der Waals surface area contributed by atoms with Gasteiger partial charge in [-0.05, 0) is 55.5 Å². The fourth-order valence-electron chi connectivity index (χ4n) is 5.78. The molecule has 0 saturated carbocycles. The second-order valence-corrected chi connectivity index (χ2v) is 11.7. The molecule has 44 heavy (non-hydrogen) atoms. The molecule has 0 aliphatic carbocycles. The Morgan fingerprint density at radius 2 is 1.59 bits per heavy atom. The lowest BCUT2D eigenvalue weighted by Gasteiger charge is -2.27. The predicted octanol–water partition coefficient (Wildman–Crippen LogP) is 7.13. The fraction of sp³-hybridized carbons (Fsp3) is 0.229. The summed E-state index contributed by atoms with van der Waals surface area (Å²) >= 11 is 1.45. The summed E-state index contributed by atoms with van der Waals surface area (Å²) in [6.07, 6.45) is 4.64. The number of hydrogen-bond acceptors (Lipinski definition) is 7. The van der Waals surface area contributed by atoms with E-state index in [1.807, 2.05) is 48.2 Å². The van der Waals surface area contributed by atoms with E-state index >= 15 is 0 Å². The molecule has 0 bridgehead atoms. The van der Waals surface area contributed by atoms with Crippen molar-refractivity contribution >= 4 is 39.2 Å². The minimum atomic E-state index is -0.387. The Bertz CT molecular complexity index is 1940. The molecular weight excluding hydrogens is 574 g/mol. The summed E-state index contributed by atoms with van der Waals surface area (Å²) in [5.41, 5.74) is 2.85. The third-order valence-electron chi connectivity index (χ3n) is 8.06. The van der Waals surface area contributed by atoms with Crippen LogP contribution >= 0.6 is 11.3 Å². The van der Waals surface area contributed by atoms with Crippen LogP contribution in [-0.4, -0.2) is 54.0 Å². The summed E-state index contributed by atoms with van der Waals surface area (Å²) in [5, 5.41) is 13.2. The number of hydrogen-bond donors (Lipinski definition) is 1. The van der Waals surface area contributed by atoms with Crippen molar-refractivity contribution in [3.8, 4) is 33.5 Å². The Kier molecular flexibility index (Phi) is 8.21. The number of carbonyl (C=O) groups excluding carboxylic acids is 1. The molecule has 0 spiro atoms. The van der Waals surface area contributed by atoms with Crippen LogP contribution in [0.15, 0.2) is 82.6 Å². The number of fused-ring (bicyclic) bond motifs is 1. The Morgan fingerprint density at radius 1 is 0.909 bits per heavy atom. The molecule has 2 aromatic heterocycles. The average molecular weight is 608 g/mol. The van der Waals surface area contributed by atoms with Crippen molar-refractivity contribution in [2.75, 3.05) is 27.3 Å². The molecule has 8 nitrogen and oxygen atoms in total. The molecule has 9 heteroatoms. The van der Waals surface area contributed by atoms with E-state index in [4.69, 9.17) is 14.5 Å². The van der Waals surface area contributed by atoms with Crippen molar-refractivity contribution in [3.05, 3.63) is 99.8 Å². The molecule has 0 unspecified atom stereocenters. The van der Waals surface area contributed by atoms with Crippen LogP contribution in [0.4, 0.5) is 5.00 Å². The molecule has 3 aromatic carbocycles. The highest BCUT2D eigenvalue weighted by Gasteiger charge is 2.27. The van der Waals surface area contributed by atoms with Crippen LogP contribution in [0.2, 0.25) is 0 Å². The Balaban J connectivity index is 1.53. The topological polar surface area (TPSA) is 93.4 Å². The van der Waals surface area contributed by atoms with Gasteiger partial charge >= 0.3 is 0 Å². The lowest BCUT2D eigenvalue weighted by Crippen LogP contribution is -2.35. The van der Waals surface area contributed by atoms with E-state index in [1.54, 1.807) is 42.6 Å². The molecule has 1 fully saturated rings. The van der Waals surface area contributed by atoms with E-state index in [2.05, 4.69) is 0 Å². The molecule has 3 heterocycles. The first-order valence-electron chi connectivity index (χ1n) is 14.5. The average Bonchev–Trinajstić information content (AvgIpc) is 3.40. The number of methoxy groups -OCH3 is 2. The zero-order chi connectivity index (χ0) is 30.8. The Hall–Kier alpha value is -4.89. The number of pyridine rings is 1. The van der Waals surface area contributed by atoms with Crippen molar-refractivity contribution in [2.45, 2.75) is 26.2 Å². The molecule has 1 amide bonds. The molecule has 0 atom stereocenters. The van der Waals surface area contributed by atoms with Crippen LogP contribution in [0.1, 0.15) is 40.7 Å². The van der Waals surface area contributed by atoms with Crippen LogP contribution in [0, 0.1) is 6.92 Å². The number of likely N-dealkylation sites (tertiary alicyclic amines) is 1. The van der Waals surface area contributed by atoms with Crippen molar-refractivity contribution in [1.29, 1.82) is 0 Å². The van der Waals surface area contributed by atoms with E-state index in [1.165, 1.54) is 30.1 Å². The van der Waals surface area contributed by atoms with Crippen LogP contribution in [0.25, 0.3) is 26.9 Å². The second-order valence-electron chi connectivity index (χ2n) is 10.7. The van der Waals surface area contributed by atoms with Crippen molar-refractivity contribution in [3.63, 3.8) is 0 Å². The highest BCUT2D eigenvalue weighted by atomic mass is 32.1. The SMILES string of the molecule is COc1ccc(-n2c(O)c(/C=N/c3sc(-c4ccccc4)c(C)c3C(=O)N3CCCCC3)c3ccccc3c2=O)cc1OC. The molecule has 224 valence electrons. The van der Waals surface area contributed by atoms with Gasteiger partial charge in [0.1, 0.15) is 5.00 Å². The zero-order valence-electron chi connectivity index (χ0n) is 24.9. The number of aromatic hydroxyl groups is 1. The van der Waals surface area contributed by atoms with Gasteiger partial charge < -0.3 is 19.5 Å². The van der Waals surface area contributed by atoms with Gasteiger partial charge in [-0.15, -0.1) is 11.3 Å². The maximum absolute atomic E-state index is 13.9. The quantitative estimate of drug-likeness (QED) is 0.199. The largest absolute Gasteiger partial charge is 0.494 e. The molecule has 5 aromatic rings. The van der Waals surface area contributed by atoms with Gasteiger partial charge in [0.05, 0.1) is 31.0 Å². The number of piperidine rings is 1.